The van der Waals surface area contributed by atoms with Crippen molar-refractivity contribution in [3.8, 4) is 0 Å². The molecule has 0 N–H and O–H groups in total. The molecule has 1 aliphatic carbocycles. The maximum absolute atomic E-state index is 11.5. The Morgan fingerprint density at radius 2 is 2.00 bits per heavy atom. The minimum Gasteiger partial charge on any atom is -0.380 e. The predicted octanol–water partition coefficient (Wildman–Crippen LogP) is 2.56. The van der Waals surface area contributed by atoms with Crippen LogP contribution in [0.15, 0.2) is 0 Å². The second-order valence-electron chi connectivity index (χ2n) is 4.72. The van der Waals surface area contributed by atoms with Crippen molar-refractivity contribution in [2.45, 2.75) is 44.9 Å². The number of rotatable bonds is 3. The fourth-order valence-corrected chi connectivity index (χ4v) is 2.68. The number of carbonyl (C=O) groups is 1. The van der Waals surface area contributed by atoms with Gasteiger partial charge in [0, 0.05) is 12.3 Å². The van der Waals surface area contributed by atoms with Crippen LogP contribution in [0.5, 0.6) is 0 Å². The predicted molar refractivity (Wildman–Crippen MR) is 55.1 cm³/mol. The minimum atomic E-state index is 0.226. The molecule has 2 rings (SSSR count). The van der Waals surface area contributed by atoms with Gasteiger partial charge < -0.3 is 4.74 Å². The SMILES string of the molecule is O=C1CCOCC1CCC1CCCC1. The summed E-state index contributed by atoms with van der Waals surface area (Å²) in [5.41, 5.74) is 0. The van der Waals surface area contributed by atoms with Crippen LogP contribution in [0, 0.1) is 11.8 Å². The third kappa shape index (κ3) is 2.57. The molecule has 14 heavy (non-hydrogen) atoms. The van der Waals surface area contributed by atoms with Crippen LogP contribution >= 0.6 is 0 Å². The van der Waals surface area contributed by atoms with Crippen LogP contribution in [-0.2, 0) is 9.53 Å². The van der Waals surface area contributed by atoms with Gasteiger partial charge in [-0.2, -0.15) is 0 Å². The fourth-order valence-electron chi connectivity index (χ4n) is 2.68. The van der Waals surface area contributed by atoms with Crippen molar-refractivity contribution in [3.05, 3.63) is 0 Å². The van der Waals surface area contributed by atoms with Gasteiger partial charge >= 0.3 is 0 Å². The Balaban J connectivity index is 1.70. The third-order valence-electron chi connectivity index (χ3n) is 3.67. The van der Waals surface area contributed by atoms with Crippen molar-refractivity contribution in [3.63, 3.8) is 0 Å². The summed E-state index contributed by atoms with van der Waals surface area (Å²) in [6, 6.07) is 0. The highest BCUT2D eigenvalue weighted by Gasteiger charge is 2.24. The third-order valence-corrected chi connectivity index (χ3v) is 3.67. The van der Waals surface area contributed by atoms with E-state index in [-0.39, 0.29) is 5.92 Å². The van der Waals surface area contributed by atoms with E-state index in [4.69, 9.17) is 4.74 Å². The average Bonchev–Trinajstić information content (AvgIpc) is 2.69. The first kappa shape index (κ1) is 10.2. The molecule has 2 nitrogen and oxygen atoms in total. The summed E-state index contributed by atoms with van der Waals surface area (Å²) in [5, 5.41) is 0. The summed E-state index contributed by atoms with van der Waals surface area (Å²) < 4.78 is 5.35. The molecule has 1 atom stereocenters. The largest absolute Gasteiger partial charge is 0.380 e. The lowest BCUT2D eigenvalue weighted by Crippen LogP contribution is -2.27. The van der Waals surface area contributed by atoms with Gasteiger partial charge in [0.25, 0.3) is 0 Å². The van der Waals surface area contributed by atoms with Gasteiger partial charge in [0.15, 0.2) is 0 Å². The van der Waals surface area contributed by atoms with Gasteiger partial charge in [0.1, 0.15) is 5.78 Å². The van der Waals surface area contributed by atoms with Crippen LogP contribution < -0.4 is 0 Å². The first-order valence-electron chi connectivity index (χ1n) is 5.96. The molecule has 2 fully saturated rings. The molecule has 0 amide bonds. The van der Waals surface area contributed by atoms with Gasteiger partial charge in [-0.05, 0) is 18.8 Å². The Bertz CT molecular complexity index is 194. The number of ketones is 1. The molecule has 0 spiro atoms. The molecule has 2 aliphatic rings. The molecule has 0 aromatic heterocycles. The number of ether oxygens (including phenoxy) is 1. The Morgan fingerprint density at radius 3 is 2.71 bits per heavy atom. The van der Waals surface area contributed by atoms with Crippen LogP contribution in [0.25, 0.3) is 0 Å². The van der Waals surface area contributed by atoms with Crippen molar-refractivity contribution in [2.75, 3.05) is 13.2 Å². The number of carbonyl (C=O) groups excluding carboxylic acids is 1. The van der Waals surface area contributed by atoms with Crippen molar-refractivity contribution in [1.29, 1.82) is 0 Å². The van der Waals surface area contributed by atoms with Gasteiger partial charge in [-0.3, -0.25) is 4.79 Å². The zero-order chi connectivity index (χ0) is 9.80. The quantitative estimate of drug-likeness (QED) is 0.693. The molecule has 1 saturated heterocycles. The van der Waals surface area contributed by atoms with Crippen LogP contribution in [0.1, 0.15) is 44.9 Å². The van der Waals surface area contributed by atoms with Gasteiger partial charge in [-0.25, -0.2) is 0 Å². The van der Waals surface area contributed by atoms with E-state index in [9.17, 15) is 4.79 Å². The van der Waals surface area contributed by atoms with Crippen LogP contribution in [0.4, 0.5) is 0 Å². The summed E-state index contributed by atoms with van der Waals surface area (Å²) in [4.78, 5) is 11.5. The Hall–Kier alpha value is -0.370. The summed E-state index contributed by atoms with van der Waals surface area (Å²) >= 11 is 0. The maximum Gasteiger partial charge on any atom is 0.140 e. The molecule has 2 heteroatoms. The Morgan fingerprint density at radius 1 is 1.21 bits per heavy atom. The van der Waals surface area contributed by atoms with E-state index >= 15 is 0 Å². The van der Waals surface area contributed by atoms with Crippen LogP contribution in [0.2, 0.25) is 0 Å². The van der Waals surface area contributed by atoms with Crippen LogP contribution in [-0.4, -0.2) is 19.0 Å². The fraction of sp³-hybridized carbons (Fsp3) is 0.917. The van der Waals surface area contributed by atoms with Gasteiger partial charge in [-0.1, -0.05) is 25.7 Å². The van der Waals surface area contributed by atoms with Gasteiger partial charge in [-0.15, -0.1) is 0 Å². The lowest BCUT2D eigenvalue weighted by atomic mass is 9.90. The first-order chi connectivity index (χ1) is 6.86. The van der Waals surface area contributed by atoms with Crippen molar-refractivity contribution in [2.24, 2.45) is 11.8 Å². The standard InChI is InChI=1S/C12H20O2/c13-12-7-8-14-9-11(12)6-5-10-3-1-2-4-10/h10-11H,1-9H2. The van der Waals surface area contributed by atoms with Crippen molar-refractivity contribution >= 4 is 5.78 Å². The molecule has 0 bridgehead atoms. The highest BCUT2D eigenvalue weighted by atomic mass is 16.5. The molecule has 1 unspecified atom stereocenters. The lowest BCUT2D eigenvalue weighted by molar-refractivity contribution is -0.130. The smallest absolute Gasteiger partial charge is 0.140 e. The van der Waals surface area contributed by atoms with E-state index < -0.39 is 0 Å². The second kappa shape index (κ2) is 4.92. The lowest BCUT2D eigenvalue weighted by Gasteiger charge is -2.22. The molecule has 80 valence electrons. The molecule has 0 aromatic rings. The van der Waals surface area contributed by atoms with Crippen LogP contribution in [0.3, 0.4) is 0 Å². The van der Waals surface area contributed by atoms with E-state index in [1.807, 2.05) is 0 Å². The molecule has 1 heterocycles. The van der Waals surface area contributed by atoms with Gasteiger partial charge in [0.2, 0.25) is 0 Å². The normalized spacial score (nSPS) is 29.7. The average molecular weight is 196 g/mol. The van der Waals surface area contributed by atoms with Crippen molar-refractivity contribution in [1.82, 2.24) is 0 Å². The number of Topliss-reactive ketones (excluding diaryl/α,β-unsaturated/α-hetero) is 1. The first-order valence-corrected chi connectivity index (χ1v) is 5.96. The summed E-state index contributed by atoms with van der Waals surface area (Å²) in [6.07, 6.45) is 8.56. The Labute approximate surface area is 86.0 Å². The monoisotopic (exact) mass is 196 g/mol. The maximum atomic E-state index is 11.5. The van der Waals surface area contributed by atoms with Gasteiger partial charge in [0.05, 0.1) is 13.2 Å². The highest BCUT2D eigenvalue weighted by molar-refractivity contribution is 5.81. The Kier molecular flexibility index (Phi) is 3.57. The topological polar surface area (TPSA) is 26.3 Å². The zero-order valence-electron chi connectivity index (χ0n) is 8.84. The summed E-state index contributed by atoms with van der Waals surface area (Å²) in [5.74, 6) is 1.57. The number of hydrogen-bond acceptors (Lipinski definition) is 2. The summed E-state index contributed by atoms with van der Waals surface area (Å²) in [6.45, 7) is 1.34. The molecular formula is C12H20O2. The van der Waals surface area contributed by atoms with E-state index in [2.05, 4.69) is 0 Å². The molecule has 1 saturated carbocycles. The van der Waals surface area contributed by atoms with Crippen molar-refractivity contribution < 1.29 is 9.53 Å². The second-order valence-corrected chi connectivity index (χ2v) is 4.72. The summed E-state index contributed by atoms with van der Waals surface area (Å²) in [7, 11) is 0. The molecule has 1 aliphatic heterocycles. The molecular weight excluding hydrogens is 176 g/mol. The van der Waals surface area contributed by atoms with E-state index in [0.29, 0.717) is 25.4 Å². The molecule has 0 aromatic carbocycles. The van der Waals surface area contributed by atoms with E-state index in [1.165, 1.54) is 32.1 Å². The van der Waals surface area contributed by atoms with E-state index in [1.54, 1.807) is 0 Å². The highest BCUT2D eigenvalue weighted by Crippen LogP contribution is 2.30. The minimum absolute atomic E-state index is 0.226. The molecule has 0 radical (unpaired) electrons. The zero-order valence-corrected chi connectivity index (χ0v) is 8.84. The number of hydrogen-bond donors (Lipinski definition) is 0. The van der Waals surface area contributed by atoms with E-state index in [0.717, 1.165) is 12.3 Å².